The molecule has 0 bridgehead atoms. The molecule has 6 N–H and O–H groups in total. The molecule has 1 heterocycles. The number of hydrogen-bond acceptors (Lipinski definition) is 7. The standard InChI is InChI=1S/C12H17NO5.CH4O/c13-7-1-3-8(4-2-7)17-11-5-9(15)12(16)10(6-14)18-11;1-2/h1-4,9-12,14-16H,5-6,13H2;2H,1H3/t9-,10-,11-,12-;/m1./s1. The fraction of sp³-hybridized carbons (Fsp3) is 0.538. The van der Waals surface area contributed by atoms with Crippen LogP contribution in [0.2, 0.25) is 0 Å². The molecule has 0 saturated carbocycles. The van der Waals surface area contributed by atoms with E-state index in [-0.39, 0.29) is 13.0 Å². The largest absolute Gasteiger partial charge is 0.465 e. The fourth-order valence-electron chi connectivity index (χ4n) is 1.84. The summed E-state index contributed by atoms with van der Waals surface area (Å²) in [6.45, 7) is -0.375. The number of hydrogen-bond donors (Lipinski definition) is 5. The molecular weight excluding hydrogens is 266 g/mol. The molecule has 1 aromatic rings. The molecule has 0 spiro atoms. The number of nitrogen functional groups attached to an aromatic ring is 1. The molecule has 7 heteroatoms. The van der Waals surface area contributed by atoms with Gasteiger partial charge >= 0.3 is 0 Å². The first-order valence-electron chi connectivity index (χ1n) is 6.19. The molecule has 1 aliphatic rings. The molecule has 0 amide bonds. The van der Waals surface area contributed by atoms with Crippen molar-refractivity contribution in [3.63, 3.8) is 0 Å². The predicted octanol–water partition coefficient (Wildman–Crippen LogP) is -0.915. The molecule has 0 aliphatic carbocycles. The molecule has 4 atom stereocenters. The third-order valence-corrected chi connectivity index (χ3v) is 2.86. The Morgan fingerprint density at radius 2 is 1.85 bits per heavy atom. The molecule has 1 fully saturated rings. The van der Waals surface area contributed by atoms with Gasteiger partial charge in [0, 0.05) is 19.2 Å². The third-order valence-electron chi connectivity index (χ3n) is 2.86. The Morgan fingerprint density at radius 3 is 2.40 bits per heavy atom. The van der Waals surface area contributed by atoms with E-state index >= 15 is 0 Å². The van der Waals surface area contributed by atoms with Gasteiger partial charge in [-0.2, -0.15) is 0 Å². The lowest BCUT2D eigenvalue weighted by Gasteiger charge is -2.36. The summed E-state index contributed by atoms with van der Waals surface area (Å²) in [5.41, 5.74) is 6.17. The number of benzene rings is 1. The van der Waals surface area contributed by atoms with Crippen LogP contribution in [0.15, 0.2) is 24.3 Å². The Hall–Kier alpha value is -1.38. The zero-order valence-electron chi connectivity index (χ0n) is 11.2. The average Bonchev–Trinajstić information content (AvgIpc) is 2.47. The summed E-state index contributed by atoms with van der Waals surface area (Å²) in [4.78, 5) is 0. The summed E-state index contributed by atoms with van der Waals surface area (Å²) in [7, 11) is 1.00. The van der Waals surface area contributed by atoms with Crippen molar-refractivity contribution in [3.05, 3.63) is 24.3 Å². The lowest BCUT2D eigenvalue weighted by Crippen LogP contribution is -2.51. The normalized spacial score (nSPS) is 29.2. The maximum Gasteiger partial charge on any atom is 0.202 e. The second-order valence-corrected chi connectivity index (χ2v) is 4.27. The number of anilines is 1. The van der Waals surface area contributed by atoms with E-state index in [4.69, 9.17) is 25.4 Å². The van der Waals surface area contributed by atoms with Gasteiger partial charge in [-0.05, 0) is 24.3 Å². The van der Waals surface area contributed by atoms with Gasteiger partial charge in [-0.1, -0.05) is 0 Å². The van der Waals surface area contributed by atoms with Crippen molar-refractivity contribution in [3.8, 4) is 5.75 Å². The van der Waals surface area contributed by atoms with E-state index in [0.29, 0.717) is 11.4 Å². The molecular formula is C13H21NO6. The van der Waals surface area contributed by atoms with E-state index in [2.05, 4.69) is 0 Å². The quantitative estimate of drug-likeness (QED) is 0.455. The molecule has 20 heavy (non-hydrogen) atoms. The van der Waals surface area contributed by atoms with Crippen molar-refractivity contribution >= 4 is 5.69 Å². The van der Waals surface area contributed by atoms with E-state index in [1.165, 1.54) is 0 Å². The zero-order valence-corrected chi connectivity index (χ0v) is 11.2. The molecule has 1 saturated heterocycles. The van der Waals surface area contributed by atoms with Gasteiger partial charge in [-0.25, -0.2) is 0 Å². The SMILES string of the molecule is CO.Nc1ccc(O[C@H]2C[C@@H](O)[C@@H](O)[C@@H](CO)O2)cc1. The first kappa shape index (κ1) is 16.7. The average molecular weight is 287 g/mol. The Kier molecular flexibility index (Phi) is 6.69. The van der Waals surface area contributed by atoms with Crippen LogP contribution in [0.3, 0.4) is 0 Å². The number of rotatable bonds is 3. The third kappa shape index (κ3) is 4.32. The first-order chi connectivity index (χ1) is 9.60. The zero-order chi connectivity index (χ0) is 15.1. The molecule has 2 rings (SSSR count). The number of aliphatic hydroxyl groups excluding tert-OH is 4. The lowest BCUT2D eigenvalue weighted by atomic mass is 10.0. The van der Waals surface area contributed by atoms with Crippen molar-refractivity contribution in [2.75, 3.05) is 19.5 Å². The van der Waals surface area contributed by atoms with Crippen molar-refractivity contribution < 1.29 is 29.9 Å². The minimum absolute atomic E-state index is 0.141. The highest BCUT2D eigenvalue weighted by Crippen LogP contribution is 2.24. The van der Waals surface area contributed by atoms with Crippen molar-refractivity contribution in [2.45, 2.75) is 31.0 Å². The number of ether oxygens (including phenoxy) is 2. The maximum atomic E-state index is 9.63. The second-order valence-electron chi connectivity index (χ2n) is 4.27. The van der Waals surface area contributed by atoms with E-state index < -0.39 is 24.6 Å². The van der Waals surface area contributed by atoms with E-state index in [0.717, 1.165) is 7.11 Å². The second kappa shape index (κ2) is 8.03. The van der Waals surface area contributed by atoms with Crippen LogP contribution in [0.5, 0.6) is 5.75 Å². The van der Waals surface area contributed by atoms with Crippen LogP contribution >= 0.6 is 0 Å². The smallest absolute Gasteiger partial charge is 0.202 e. The van der Waals surface area contributed by atoms with Crippen LogP contribution in [-0.4, -0.2) is 58.7 Å². The fourth-order valence-corrected chi connectivity index (χ4v) is 1.84. The topological polar surface area (TPSA) is 125 Å². The Morgan fingerprint density at radius 1 is 1.25 bits per heavy atom. The summed E-state index contributed by atoms with van der Waals surface area (Å²) in [6.07, 6.45) is -3.48. The van der Waals surface area contributed by atoms with Gasteiger partial charge < -0.3 is 35.6 Å². The lowest BCUT2D eigenvalue weighted by molar-refractivity contribution is -0.229. The number of aliphatic hydroxyl groups is 4. The van der Waals surface area contributed by atoms with Gasteiger partial charge in [-0.3, -0.25) is 0 Å². The van der Waals surface area contributed by atoms with Crippen LogP contribution < -0.4 is 10.5 Å². The summed E-state index contributed by atoms with van der Waals surface area (Å²) in [5, 5.41) is 35.2. The summed E-state index contributed by atoms with van der Waals surface area (Å²) >= 11 is 0. The van der Waals surface area contributed by atoms with Gasteiger partial charge in [0.2, 0.25) is 6.29 Å². The van der Waals surface area contributed by atoms with E-state index in [1.807, 2.05) is 0 Å². The van der Waals surface area contributed by atoms with Crippen LogP contribution in [-0.2, 0) is 4.74 Å². The monoisotopic (exact) mass is 287 g/mol. The molecule has 0 radical (unpaired) electrons. The number of nitrogens with two attached hydrogens (primary N) is 1. The highest BCUT2D eigenvalue weighted by atomic mass is 16.7. The highest BCUT2D eigenvalue weighted by Gasteiger charge is 2.37. The predicted molar refractivity (Wildman–Crippen MR) is 72.0 cm³/mol. The summed E-state index contributed by atoms with van der Waals surface area (Å²) in [6, 6.07) is 6.74. The van der Waals surface area contributed by atoms with Crippen LogP contribution in [0.1, 0.15) is 6.42 Å². The molecule has 0 aromatic heterocycles. The van der Waals surface area contributed by atoms with E-state index in [1.54, 1.807) is 24.3 Å². The first-order valence-corrected chi connectivity index (χ1v) is 6.19. The van der Waals surface area contributed by atoms with E-state index in [9.17, 15) is 10.2 Å². The van der Waals surface area contributed by atoms with Gasteiger partial charge in [-0.15, -0.1) is 0 Å². The van der Waals surface area contributed by atoms with Gasteiger partial charge in [0.15, 0.2) is 0 Å². The van der Waals surface area contributed by atoms with Crippen LogP contribution in [0, 0.1) is 0 Å². The minimum atomic E-state index is -1.10. The minimum Gasteiger partial charge on any atom is -0.465 e. The molecule has 0 unspecified atom stereocenters. The van der Waals surface area contributed by atoms with Crippen molar-refractivity contribution in [2.24, 2.45) is 0 Å². The molecule has 1 aromatic carbocycles. The molecule has 7 nitrogen and oxygen atoms in total. The highest BCUT2D eigenvalue weighted by molar-refractivity contribution is 5.41. The Labute approximate surface area is 117 Å². The molecule has 1 aliphatic heterocycles. The van der Waals surface area contributed by atoms with Gasteiger partial charge in [0.05, 0.1) is 12.7 Å². The van der Waals surface area contributed by atoms with Crippen LogP contribution in [0.25, 0.3) is 0 Å². The Balaban J connectivity index is 0.000000956. The van der Waals surface area contributed by atoms with Crippen molar-refractivity contribution in [1.29, 1.82) is 0 Å². The maximum absolute atomic E-state index is 9.63. The van der Waals surface area contributed by atoms with Crippen LogP contribution in [0.4, 0.5) is 5.69 Å². The van der Waals surface area contributed by atoms with Gasteiger partial charge in [0.25, 0.3) is 0 Å². The summed E-state index contributed by atoms with van der Waals surface area (Å²) < 4.78 is 10.8. The molecule has 114 valence electrons. The Bertz CT molecular complexity index is 385. The van der Waals surface area contributed by atoms with Crippen molar-refractivity contribution in [1.82, 2.24) is 0 Å². The van der Waals surface area contributed by atoms with Gasteiger partial charge in [0.1, 0.15) is 18.0 Å². The summed E-state index contributed by atoms with van der Waals surface area (Å²) in [5.74, 6) is 0.550.